The molecule has 0 radical (unpaired) electrons. The van der Waals surface area contributed by atoms with Gasteiger partial charge in [-0.05, 0) is 37.5 Å². The lowest BCUT2D eigenvalue weighted by Gasteiger charge is -2.50. The van der Waals surface area contributed by atoms with Crippen molar-refractivity contribution in [3.05, 3.63) is 29.3 Å². The zero-order valence-corrected chi connectivity index (χ0v) is 18.3. The van der Waals surface area contributed by atoms with Crippen LogP contribution >= 0.6 is 11.8 Å². The Morgan fingerprint density at radius 3 is 2.62 bits per heavy atom. The molecular weight excluding hydrogens is 390 g/mol. The molecule has 0 aliphatic carbocycles. The van der Waals surface area contributed by atoms with Crippen molar-refractivity contribution in [2.75, 3.05) is 25.2 Å². The van der Waals surface area contributed by atoms with Crippen molar-refractivity contribution >= 4 is 35.3 Å². The minimum atomic E-state index is -0.469. The second-order valence-electron chi connectivity index (χ2n) is 7.65. The Morgan fingerprint density at radius 2 is 1.93 bits per heavy atom. The number of rotatable bonds is 5. The molecule has 29 heavy (non-hydrogen) atoms. The molecule has 0 aromatic heterocycles. The average molecular weight is 420 g/mol. The number of nitrogens with one attached hydrogen (secondary N) is 3. The van der Waals surface area contributed by atoms with Crippen LogP contribution in [0.15, 0.2) is 18.2 Å². The first kappa shape index (κ1) is 21.6. The van der Waals surface area contributed by atoms with Gasteiger partial charge >= 0.3 is 6.03 Å². The van der Waals surface area contributed by atoms with E-state index in [-0.39, 0.29) is 35.1 Å². The van der Waals surface area contributed by atoms with Gasteiger partial charge in [0.25, 0.3) is 0 Å². The van der Waals surface area contributed by atoms with Crippen LogP contribution in [0.25, 0.3) is 0 Å². The molecule has 3 N–H and O–H groups in total. The Bertz CT molecular complexity index is 817. The Hall–Kier alpha value is -2.10. The van der Waals surface area contributed by atoms with E-state index in [4.69, 9.17) is 0 Å². The third kappa shape index (κ3) is 4.41. The van der Waals surface area contributed by atoms with Crippen molar-refractivity contribution in [3.63, 3.8) is 0 Å². The van der Waals surface area contributed by atoms with Crippen LogP contribution < -0.4 is 16.0 Å². The SMILES string of the molecule is CCC1NC(SCC(=O)Nc2cc(C)ccc2C)C2C(=O)N(C)C(=O)N(C)C2N1. The third-order valence-corrected chi connectivity index (χ3v) is 6.71. The number of carbonyl (C=O) groups is 3. The lowest BCUT2D eigenvalue weighted by atomic mass is 9.97. The highest BCUT2D eigenvalue weighted by atomic mass is 32.2. The average Bonchev–Trinajstić information content (AvgIpc) is 2.71. The van der Waals surface area contributed by atoms with Gasteiger partial charge in [0.15, 0.2) is 0 Å². The van der Waals surface area contributed by atoms with E-state index in [2.05, 4.69) is 16.0 Å². The van der Waals surface area contributed by atoms with Gasteiger partial charge in [-0.15, -0.1) is 11.8 Å². The van der Waals surface area contributed by atoms with E-state index in [1.807, 2.05) is 39.0 Å². The summed E-state index contributed by atoms with van der Waals surface area (Å²) in [6.07, 6.45) is 0.361. The Labute approximate surface area is 175 Å². The lowest BCUT2D eigenvalue weighted by Crippen LogP contribution is -2.74. The standard InChI is InChI=1S/C20H29N5O3S/c1-6-14-22-17-16(19(27)25(5)20(28)24(17)4)18(23-14)29-10-15(26)21-13-9-11(2)7-8-12(13)3/h7-9,14,16-18,22-23H,6,10H2,1-5H3,(H,21,26). The minimum Gasteiger partial charge on any atom is -0.325 e. The number of anilines is 1. The topological polar surface area (TPSA) is 93.8 Å². The molecule has 4 amide bonds. The van der Waals surface area contributed by atoms with Crippen molar-refractivity contribution in [3.8, 4) is 0 Å². The number of fused-ring (bicyclic) bond motifs is 1. The number of thioether (sulfide) groups is 1. The number of urea groups is 1. The molecule has 158 valence electrons. The van der Waals surface area contributed by atoms with Gasteiger partial charge in [0.1, 0.15) is 0 Å². The molecule has 9 heteroatoms. The van der Waals surface area contributed by atoms with Gasteiger partial charge < -0.3 is 10.2 Å². The van der Waals surface area contributed by atoms with Gasteiger partial charge in [-0.3, -0.25) is 25.1 Å². The fourth-order valence-corrected chi connectivity index (χ4v) is 4.86. The number of aryl methyl sites for hydroxylation is 2. The smallest absolute Gasteiger partial charge is 0.325 e. The molecule has 4 atom stereocenters. The number of benzene rings is 1. The summed E-state index contributed by atoms with van der Waals surface area (Å²) < 4.78 is 0. The maximum atomic E-state index is 12.8. The molecule has 2 aliphatic rings. The zero-order valence-electron chi connectivity index (χ0n) is 17.5. The summed E-state index contributed by atoms with van der Waals surface area (Å²) in [5.74, 6) is -0.613. The first-order valence-corrected chi connectivity index (χ1v) is 10.8. The van der Waals surface area contributed by atoms with Crippen LogP contribution in [0, 0.1) is 19.8 Å². The van der Waals surface area contributed by atoms with Crippen LogP contribution in [0.1, 0.15) is 24.5 Å². The summed E-state index contributed by atoms with van der Waals surface area (Å²) in [5.41, 5.74) is 2.89. The summed E-state index contributed by atoms with van der Waals surface area (Å²) in [4.78, 5) is 40.4. The predicted octanol–water partition coefficient (Wildman–Crippen LogP) is 1.70. The van der Waals surface area contributed by atoms with Gasteiger partial charge in [-0.2, -0.15) is 0 Å². The Balaban J connectivity index is 1.71. The molecule has 1 aromatic rings. The van der Waals surface area contributed by atoms with Gasteiger partial charge in [0.05, 0.1) is 29.4 Å². The van der Waals surface area contributed by atoms with E-state index in [0.717, 1.165) is 28.1 Å². The Morgan fingerprint density at radius 1 is 1.21 bits per heavy atom. The summed E-state index contributed by atoms with van der Waals surface area (Å²) in [6, 6.07) is 5.61. The molecule has 0 saturated carbocycles. The molecule has 3 rings (SSSR count). The first-order valence-electron chi connectivity index (χ1n) is 9.78. The van der Waals surface area contributed by atoms with Crippen LogP contribution in [-0.4, -0.2) is 65.2 Å². The van der Waals surface area contributed by atoms with E-state index >= 15 is 0 Å². The van der Waals surface area contributed by atoms with Crippen LogP contribution in [0.2, 0.25) is 0 Å². The van der Waals surface area contributed by atoms with Gasteiger partial charge in [0, 0.05) is 19.8 Å². The largest absolute Gasteiger partial charge is 0.327 e. The summed E-state index contributed by atoms with van der Waals surface area (Å²) in [6.45, 7) is 5.96. The summed E-state index contributed by atoms with van der Waals surface area (Å²) in [5, 5.41) is 9.44. The van der Waals surface area contributed by atoms with Crippen LogP contribution in [0.3, 0.4) is 0 Å². The van der Waals surface area contributed by atoms with Gasteiger partial charge in [-0.1, -0.05) is 19.1 Å². The fourth-order valence-electron chi connectivity index (χ4n) is 3.73. The van der Waals surface area contributed by atoms with Crippen LogP contribution in [0.5, 0.6) is 0 Å². The van der Waals surface area contributed by atoms with Crippen LogP contribution in [0.4, 0.5) is 10.5 Å². The van der Waals surface area contributed by atoms with Gasteiger partial charge in [-0.25, -0.2) is 4.79 Å². The lowest BCUT2D eigenvalue weighted by molar-refractivity contribution is -0.140. The molecular formula is C20H29N5O3S. The maximum Gasteiger partial charge on any atom is 0.327 e. The second-order valence-corrected chi connectivity index (χ2v) is 8.78. The zero-order chi connectivity index (χ0) is 21.3. The number of hydrogen-bond donors (Lipinski definition) is 3. The molecule has 2 saturated heterocycles. The van der Waals surface area contributed by atoms with Gasteiger partial charge in [0.2, 0.25) is 11.8 Å². The van der Waals surface area contributed by atoms with E-state index in [9.17, 15) is 14.4 Å². The summed E-state index contributed by atoms with van der Waals surface area (Å²) >= 11 is 1.40. The number of hydrogen-bond acceptors (Lipinski definition) is 6. The highest BCUT2D eigenvalue weighted by Crippen LogP contribution is 2.31. The van der Waals surface area contributed by atoms with Crippen molar-refractivity contribution in [2.45, 2.75) is 44.9 Å². The first-order chi connectivity index (χ1) is 13.7. The molecule has 2 heterocycles. The Kier molecular flexibility index (Phi) is 6.50. The van der Waals surface area contributed by atoms with E-state index in [0.29, 0.717) is 0 Å². The highest BCUT2D eigenvalue weighted by Gasteiger charge is 2.50. The van der Waals surface area contributed by atoms with Crippen molar-refractivity contribution in [1.29, 1.82) is 0 Å². The monoisotopic (exact) mass is 419 g/mol. The van der Waals surface area contributed by atoms with Crippen molar-refractivity contribution in [1.82, 2.24) is 20.4 Å². The highest BCUT2D eigenvalue weighted by molar-refractivity contribution is 8.00. The number of amides is 4. The van der Waals surface area contributed by atoms with Crippen molar-refractivity contribution in [2.24, 2.45) is 5.92 Å². The molecule has 8 nitrogen and oxygen atoms in total. The van der Waals surface area contributed by atoms with E-state index < -0.39 is 12.1 Å². The van der Waals surface area contributed by atoms with E-state index in [1.54, 1.807) is 11.9 Å². The van der Waals surface area contributed by atoms with Crippen LogP contribution in [-0.2, 0) is 9.59 Å². The molecule has 1 aromatic carbocycles. The maximum absolute atomic E-state index is 12.8. The molecule has 0 spiro atoms. The minimum absolute atomic E-state index is 0.0396. The molecule has 2 fully saturated rings. The molecule has 2 aliphatic heterocycles. The third-order valence-electron chi connectivity index (χ3n) is 5.49. The van der Waals surface area contributed by atoms with E-state index in [1.165, 1.54) is 18.8 Å². The second kappa shape index (κ2) is 8.73. The summed E-state index contributed by atoms with van der Waals surface area (Å²) in [7, 11) is 3.20. The molecule has 4 unspecified atom stereocenters. The predicted molar refractivity (Wildman–Crippen MR) is 114 cm³/mol. The normalized spacial score (nSPS) is 27.1. The number of imide groups is 1. The number of nitrogens with zero attached hydrogens (tertiary/aromatic N) is 2. The number of carbonyl (C=O) groups excluding carboxylic acids is 3. The quantitative estimate of drug-likeness (QED) is 0.673. The molecule has 0 bridgehead atoms. The fraction of sp³-hybridized carbons (Fsp3) is 0.550. The van der Waals surface area contributed by atoms with Crippen molar-refractivity contribution < 1.29 is 14.4 Å².